The highest BCUT2D eigenvalue weighted by molar-refractivity contribution is 9.11. The van der Waals surface area contributed by atoms with Gasteiger partial charge in [-0.25, -0.2) is 9.97 Å². The van der Waals surface area contributed by atoms with Gasteiger partial charge in [0.1, 0.15) is 16.3 Å². The van der Waals surface area contributed by atoms with Crippen molar-refractivity contribution in [1.82, 2.24) is 19.5 Å². The van der Waals surface area contributed by atoms with Crippen molar-refractivity contribution in [2.75, 3.05) is 10.6 Å². The molecule has 158 valence electrons. The number of thiophene rings is 1. The number of pyridine rings is 2. The summed E-state index contributed by atoms with van der Waals surface area (Å²) in [6.45, 7) is 1.93. The maximum absolute atomic E-state index is 12.8. The van der Waals surface area contributed by atoms with Crippen molar-refractivity contribution < 1.29 is 0 Å². The molecule has 0 bridgehead atoms. The molecule has 1 aliphatic carbocycles. The van der Waals surface area contributed by atoms with Gasteiger partial charge in [0, 0.05) is 23.7 Å². The Balaban J connectivity index is 1.24. The molecule has 1 aliphatic rings. The third kappa shape index (κ3) is 4.33. The zero-order chi connectivity index (χ0) is 21.4. The summed E-state index contributed by atoms with van der Waals surface area (Å²) in [7, 11) is 0. The fourth-order valence-electron chi connectivity index (χ4n) is 3.94. The van der Waals surface area contributed by atoms with E-state index in [-0.39, 0.29) is 5.56 Å². The molecule has 0 radical (unpaired) electrons. The molecule has 0 spiro atoms. The van der Waals surface area contributed by atoms with E-state index in [1.54, 1.807) is 29.4 Å². The second kappa shape index (κ2) is 8.39. The highest BCUT2D eigenvalue weighted by Crippen LogP contribution is 2.28. The Bertz CT molecular complexity index is 1270. The molecule has 2 N–H and O–H groups in total. The minimum Gasteiger partial charge on any atom is -0.367 e. The molecule has 1 saturated carbocycles. The summed E-state index contributed by atoms with van der Waals surface area (Å²) >= 11 is 4.90. The Kier molecular flexibility index (Phi) is 5.45. The largest absolute Gasteiger partial charge is 0.367 e. The van der Waals surface area contributed by atoms with Crippen LogP contribution in [0, 0.1) is 6.92 Å². The minimum absolute atomic E-state index is 0.0281. The summed E-state index contributed by atoms with van der Waals surface area (Å²) in [5.41, 5.74) is 1.64. The van der Waals surface area contributed by atoms with Crippen molar-refractivity contribution in [3.05, 3.63) is 68.9 Å². The lowest BCUT2D eigenvalue weighted by Crippen LogP contribution is -2.22. The van der Waals surface area contributed by atoms with Gasteiger partial charge in [0.2, 0.25) is 0 Å². The standard InChI is InChI=1S/C22H21BrN6OS/c1-13-10-25-20(12-24-13)28-16-3-2-15(9-16)27-19-5-4-17(11-26-19)29-7-6-14-8-18(23)31-21(14)22(29)30/h4-8,10-12,15-16H,2-3,9H2,1H3,(H,25,28)(H,26,27)/t15-,16-/m0/s1. The van der Waals surface area contributed by atoms with Gasteiger partial charge in [-0.1, -0.05) is 0 Å². The summed E-state index contributed by atoms with van der Waals surface area (Å²) in [5.74, 6) is 1.64. The summed E-state index contributed by atoms with van der Waals surface area (Å²) in [5, 5.41) is 7.93. The van der Waals surface area contributed by atoms with E-state index < -0.39 is 0 Å². The smallest absolute Gasteiger partial charge is 0.273 e. The van der Waals surface area contributed by atoms with E-state index in [9.17, 15) is 4.79 Å². The maximum Gasteiger partial charge on any atom is 0.273 e. The topological polar surface area (TPSA) is 84.7 Å². The molecule has 31 heavy (non-hydrogen) atoms. The fraction of sp³-hybridized carbons (Fsp3) is 0.273. The van der Waals surface area contributed by atoms with Gasteiger partial charge in [0.05, 0.1) is 33.8 Å². The Morgan fingerprint density at radius 1 is 1.03 bits per heavy atom. The average molecular weight is 497 g/mol. The van der Waals surface area contributed by atoms with Gasteiger partial charge >= 0.3 is 0 Å². The summed E-state index contributed by atoms with van der Waals surface area (Å²) in [4.78, 5) is 26.0. The van der Waals surface area contributed by atoms with Crippen LogP contribution in [0.2, 0.25) is 0 Å². The molecule has 9 heteroatoms. The Morgan fingerprint density at radius 3 is 2.52 bits per heavy atom. The van der Waals surface area contributed by atoms with Gasteiger partial charge in [-0.15, -0.1) is 11.3 Å². The van der Waals surface area contributed by atoms with Gasteiger partial charge in [0.25, 0.3) is 5.56 Å². The number of nitrogens with one attached hydrogen (secondary N) is 2. The van der Waals surface area contributed by atoms with Gasteiger partial charge in [-0.3, -0.25) is 14.3 Å². The molecule has 4 heterocycles. The third-order valence-corrected chi connectivity index (χ3v) is 7.13. The molecule has 0 unspecified atom stereocenters. The Labute approximate surface area is 191 Å². The third-order valence-electron chi connectivity index (χ3n) is 5.49. The first-order valence-electron chi connectivity index (χ1n) is 10.1. The van der Waals surface area contributed by atoms with Gasteiger partial charge in [0.15, 0.2) is 0 Å². The van der Waals surface area contributed by atoms with E-state index >= 15 is 0 Å². The molecular formula is C22H21BrN6OS. The molecule has 4 aromatic heterocycles. The molecule has 5 rings (SSSR count). The predicted octanol–water partition coefficient (Wildman–Crippen LogP) is 4.75. The van der Waals surface area contributed by atoms with Crippen LogP contribution in [0.4, 0.5) is 11.6 Å². The van der Waals surface area contributed by atoms with E-state index in [1.807, 2.05) is 31.2 Å². The van der Waals surface area contributed by atoms with Gasteiger partial charge < -0.3 is 10.6 Å². The van der Waals surface area contributed by atoms with Crippen molar-refractivity contribution in [1.29, 1.82) is 0 Å². The van der Waals surface area contributed by atoms with Gasteiger partial charge in [-0.05, 0) is 66.4 Å². The second-order valence-corrected chi connectivity index (χ2v) is 10.2. The van der Waals surface area contributed by atoms with Crippen LogP contribution < -0.4 is 16.2 Å². The quantitative estimate of drug-likeness (QED) is 0.414. The van der Waals surface area contributed by atoms with Crippen molar-refractivity contribution in [3.8, 4) is 5.69 Å². The van der Waals surface area contributed by atoms with Crippen molar-refractivity contribution >= 4 is 49.0 Å². The lowest BCUT2D eigenvalue weighted by atomic mass is 10.2. The number of nitrogens with zero attached hydrogens (tertiary/aromatic N) is 4. The number of halogens is 1. The highest BCUT2D eigenvalue weighted by atomic mass is 79.9. The number of aromatic nitrogens is 4. The lowest BCUT2D eigenvalue weighted by Gasteiger charge is -2.16. The molecule has 1 fully saturated rings. The summed E-state index contributed by atoms with van der Waals surface area (Å²) < 4.78 is 3.33. The van der Waals surface area contributed by atoms with E-state index in [0.717, 1.165) is 56.2 Å². The molecule has 7 nitrogen and oxygen atoms in total. The SMILES string of the molecule is Cc1cnc(N[C@H]2CC[C@H](Nc3ccc(-n4ccc5cc(Br)sc5c4=O)cn3)C2)cn1. The molecule has 2 atom stereocenters. The van der Waals surface area contributed by atoms with Crippen molar-refractivity contribution in [3.63, 3.8) is 0 Å². The number of fused-ring (bicyclic) bond motifs is 1. The van der Waals surface area contributed by atoms with E-state index in [1.165, 1.54) is 11.3 Å². The number of anilines is 2. The fourth-order valence-corrected chi connectivity index (χ4v) is 5.49. The highest BCUT2D eigenvalue weighted by Gasteiger charge is 2.25. The lowest BCUT2D eigenvalue weighted by molar-refractivity contribution is 0.719. The van der Waals surface area contributed by atoms with E-state index in [2.05, 4.69) is 41.5 Å². The Hall–Kier alpha value is -2.78. The van der Waals surface area contributed by atoms with Crippen LogP contribution in [0.25, 0.3) is 15.8 Å². The molecule has 0 saturated heterocycles. The maximum atomic E-state index is 12.8. The first kappa shape index (κ1) is 20.1. The average Bonchev–Trinajstić information content (AvgIpc) is 3.37. The minimum atomic E-state index is -0.0281. The summed E-state index contributed by atoms with van der Waals surface area (Å²) in [6.07, 6.45) is 10.2. The van der Waals surface area contributed by atoms with Crippen LogP contribution in [0.3, 0.4) is 0 Å². The molecule has 0 aliphatic heterocycles. The zero-order valence-corrected chi connectivity index (χ0v) is 19.3. The van der Waals surface area contributed by atoms with E-state index in [4.69, 9.17) is 0 Å². The monoisotopic (exact) mass is 496 g/mol. The summed E-state index contributed by atoms with van der Waals surface area (Å²) in [6, 6.07) is 8.49. The normalized spacial score (nSPS) is 18.4. The molecule has 4 aromatic rings. The number of hydrogen-bond acceptors (Lipinski definition) is 7. The first-order valence-corrected chi connectivity index (χ1v) is 11.7. The van der Waals surface area contributed by atoms with Crippen LogP contribution in [0.5, 0.6) is 0 Å². The molecular weight excluding hydrogens is 476 g/mol. The Morgan fingerprint density at radius 2 is 1.81 bits per heavy atom. The van der Waals surface area contributed by atoms with Crippen molar-refractivity contribution in [2.24, 2.45) is 0 Å². The molecule has 0 amide bonds. The van der Waals surface area contributed by atoms with Crippen LogP contribution in [-0.4, -0.2) is 31.6 Å². The van der Waals surface area contributed by atoms with Gasteiger partial charge in [-0.2, -0.15) is 0 Å². The molecule has 0 aromatic carbocycles. The van der Waals surface area contributed by atoms with E-state index in [0.29, 0.717) is 12.1 Å². The van der Waals surface area contributed by atoms with Crippen LogP contribution in [-0.2, 0) is 0 Å². The number of aryl methyl sites for hydroxylation is 1. The number of hydrogen-bond donors (Lipinski definition) is 2. The van der Waals surface area contributed by atoms with Crippen LogP contribution in [0.1, 0.15) is 25.0 Å². The first-order chi connectivity index (χ1) is 15.0. The second-order valence-electron chi connectivity index (χ2n) is 7.77. The predicted molar refractivity (Wildman–Crippen MR) is 128 cm³/mol. The zero-order valence-electron chi connectivity index (χ0n) is 16.9. The van der Waals surface area contributed by atoms with Crippen LogP contribution in [0.15, 0.2) is 57.6 Å². The number of rotatable bonds is 5. The van der Waals surface area contributed by atoms with Crippen LogP contribution >= 0.6 is 27.3 Å². The van der Waals surface area contributed by atoms with Crippen molar-refractivity contribution in [2.45, 2.75) is 38.3 Å².